The maximum Gasteiger partial charge on any atom is 0.0624 e. The smallest absolute Gasteiger partial charge is 0.0624 e. The van der Waals surface area contributed by atoms with Gasteiger partial charge in [0.15, 0.2) is 0 Å². The predicted octanol–water partition coefficient (Wildman–Crippen LogP) is 2.34. The Morgan fingerprint density at radius 1 is 1.67 bits per heavy atom. The van der Waals surface area contributed by atoms with E-state index in [1.54, 1.807) is 0 Å². The summed E-state index contributed by atoms with van der Waals surface area (Å²) in [6, 6.07) is 2.20. The van der Waals surface area contributed by atoms with Crippen LogP contribution in [-0.2, 0) is 0 Å². The molecule has 0 aliphatic heterocycles. The molecule has 0 N–H and O–H groups in total. The van der Waals surface area contributed by atoms with E-state index in [1.807, 2.05) is 0 Å². The molecule has 0 spiro atoms. The monoisotopic (exact) mass is 123 g/mol. The van der Waals surface area contributed by atoms with Crippen LogP contribution in [0.4, 0.5) is 0 Å². The highest BCUT2D eigenvalue weighted by Crippen LogP contribution is 2.35. The summed E-state index contributed by atoms with van der Waals surface area (Å²) in [7, 11) is 0. The standard InChI is InChI=1S/C8H13N/c1-7(4-5-9)6-8-2-3-8/h7-8H,2-4,6H2,1H3. The number of hydrogen-bond acceptors (Lipinski definition) is 1. The second-order valence-electron chi connectivity index (χ2n) is 3.15. The van der Waals surface area contributed by atoms with Gasteiger partial charge >= 0.3 is 0 Å². The highest BCUT2D eigenvalue weighted by atomic mass is 14.3. The van der Waals surface area contributed by atoms with Crippen molar-refractivity contribution in [1.29, 1.82) is 5.26 Å². The Morgan fingerprint density at radius 3 is 2.78 bits per heavy atom. The lowest BCUT2D eigenvalue weighted by atomic mass is 10.0. The molecule has 0 radical (unpaired) electrons. The van der Waals surface area contributed by atoms with E-state index in [-0.39, 0.29) is 0 Å². The van der Waals surface area contributed by atoms with Crippen molar-refractivity contribution >= 4 is 0 Å². The normalized spacial score (nSPS) is 20.9. The molecule has 1 heteroatoms. The molecule has 1 aliphatic carbocycles. The lowest BCUT2D eigenvalue weighted by Gasteiger charge is -2.02. The molecule has 50 valence electrons. The molecule has 0 bridgehead atoms. The Bertz CT molecular complexity index is 119. The van der Waals surface area contributed by atoms with Gasteiger partial charge in [0.2, 0.25) is 0 Å². The summed E-state index contributed by atoms with van der Waals surface area (Å²) < 4.78 is 0. The van der Waals surface area contributed by atoms with Crippen LogP contribution in [0.3, 0.4) is 0 Å². The van der Waals surface area contributed by atoms with Gasteiger partial charge in [0.1, 0.15) is 0 Å². The van der Waals surface area contributed by atoms with Crippen molar-refractivity contribution in [2.24, 2.45) is 11.8 Å². The van der Waals surface area contributed by atoms with E-state index < -0.39 is 0 Å². The van der Waals surface area contributed by atoms with E-state index in [4.69, 9.17) is 5.26 Å². The molecule has 0 aromatic carbocycles. The SMILES string of the molecule is CC(CC#N)CC1CC1. The maximum atomic E-state index is 8.32. The maximum absolute atomic E-state index is 8.32. The minimum Gasteiger partial charge on any atom is -0.198 e. The molecule has 9 heavy (non-hydrogen) atoms. The molecule has 1 atom stereocenters. The van der Waals surface area contributed by atoms with E-state index in [0.717, 1.165) is 12.3 Å². The number of nitrogens with zero attached hydrogens (tertiary/aromatic N) is 1. The fourth-order valence-electron chi connectivity index (χ4n) is 1.16. The van der Waals surface area contributed by atoms with Gasteiger partial charge in [-0.05, 0) is 18.3 Å². The van der Waals surface area contributed by atoms with E-state index in [0.29, 0.717) is 5.92 Å². The molecule has 0 aromatic heterocycles. The lowest BCUT2D eigenvalue weighted by Crippen LogP contribution is -1.93. The van der Waals surface area contributed by atoms with Gasteiger partial charge in [-0.25, -0.2) is 0 Å². The average Bonchev–Trinajstić information content (AvgIpc) is 2.50. The van der Waals surface area contributed by atoms with E-state index >= 15 is 0 Å². The summed E-state index contributed by atoms with van der Waals surface area (Å²) in [5.41, 5.74) is 0. The molecule has 1 saturated carbocycles. The Hall–Kier alpha value is -0.510. The van der Waals surface area contributed by atoms with Crippen LogP contribution in [0.15, 0.2) is 0 Å². The van der Waals surface area contributed by atoms with Gasteiger partial charge in [-0.2, -0.15) is 5.26 Å². The van der Waals surface area contributed by atoms with Gasteiger partial charge in [0.05, 0.1) is 6.07 Å². The van der Waals surface area contributed by atoms with Crippen LogP contribution in [0.25, 0.3) is 0 Å². The molecule has 1 nitrogen and oxygen atoms in total. The van der Waals surface area contributed by atoms with Crippen molar-refractivity contribution in [2.45, 2.75) is 32.6 Å². The molecule has 0 heterocycles. The highest BCUT2D eigenvalue weighted by molar-refractivity contribution is 4.80. The number of nitriles is 1. The minimum atomic E-state index is 0.641. The molecular weight excluding hydrogens is 110 g/mol. The molecule has 1 fully saturated rings. The summed E-state index contributed by atoms with van der Waals surface area (Å²) in [5.74, 6) is 1.62. The van der Waals surface area contributed by atoms with Gasteiger partial charge in [-0.3, -0.25) is 0 Å². The Morgan fingerprint density at radius 2 is 2.33 bits per heavy atom. The Kier molecular flexibility index (Phi) is 2.10. The summed E-state index contributed by atoms with van der Waals surface area (Å²) in [4.78, 5) is 0. The van der Waals surface area contributed by atoms with E-state index in [9.17, 15) is 0 Å². The van der Waals surface area contributed by atoms with Crippen LogP contribution < -0.4 is 0 Å². The van der Waals surface area contributed by atoms with Gasteiger partial charge in [-0.1, -0.05) is 19.8 Å². The van der Waals surface area contributed by atoms with Gasteiger partial charge in [0, 0.05) is 6.42 Å². The molecule has 1 aliphatic rings. The van der Waals surface area contributed by atoms with Crippen molar-refractivity contribution in [3.8, 4) is 6.07 Å². The van der Waals surface area contributed by atoms with E-state index in [1.165, 1.54) is 19.3 Å². The zero-order valence-corrected chi connectivity index (χ0v) is 5.93. The first-order valence-electron chi connectivity index (χ1n) is 3.70. The largest absolute Gasteiger partial charge is 0.198 e. The molecule has 0 amide bonds. The van der Waals surface area contributed by atoms with Crippen molar-refractivity contribution in [3.63, 3.8) is 0 Å². The summed E-state index contributed by atoms with van der Waals surface area (Å²) >= 11 is 0. The first-order valence-corrected chi connectivity index (χ1v) is 3.70. The second-order valence-corrected chi connectivity index (χ2v) is 3.15. The van der Waals surface area contributed by atoms with Crippen molar-refractivity contribution < 1.29 is 0 Å². The molecule has 0 aromatic rings. The zero-order chi connectivity index (χ0) is 6.69. The third-order valence-electron chi connectivity index (χ3n) is 1.87. The number of rotatable bonds is 3. The minimum absolute atomic E-state index is 0.641. The molecule has 1 unspecified atom stereocenters. The van der Waals surface area contributed by atoms with Crippen LogP contribution >= 0.6 is 0 Å². The predicted molar refractivity (Wildman–Crippen MR) is 36.7 cm³/mol. The van der Waals surface area contributed by atoms with Crippen LogP contribution in [0.2, 0.25) is 0 Å². The van der Waals surface area contributed by atoms with Crippen LogP contribution in [-0.4, -0.2) is 0 Å². The highest BCUT2D eigenvalue weighted by Gasteiger charge is 2.22. The third kappa shape index (κ3) is 2.51. The van der Waals surface area contributed by atoms with Gasteiger partial charge in [-0.15, -0.1) is 0 Å². The zero-order valence-electron chi connectivity index (χ0n) is 5.93. The quantitative estimate of drug-likeness (QED) is 0.565. The molecule has 0 saturated heterocycles. The lowest BCUT2D eigenvalue weighted by molar-refractivity contribution is 0.506. The summed E-state index contributed by atoms with van der Waals surface area (Å²) in [6.07, 6.45) is 4.86. The Balaban J connectivity index is 2.03. The second kappa shape index (κ2) is 2.87. The Labute approximate surface area is 56.7 Å². The van der Waals surface area contributed by atoms with Gasteiger partial charge < -0.3 is 0 Å². The fraction of sp³-hybridized carbons (Fsp3) is 0.875. The molecular formula is C8H13N. The first-order chi connectivity index (χ1) is 4.33. The van der Waals surface area contributed by atoms with Gasteiger partial charge in [0.25, 0.3) is 0 Å². The van der Waals surface area contributed by atoms with Crippen LogP contribution in [0, 0.1) is 23.2 Å². The third-order valence-corrected chi connectivity index (χ3v) is 1.87. The van der Waals surface area contributed by atoms with Crippen molar-refractivity contribution in [1.82, 2.24) is 0 Å². The summed E-state index contributed by atoms with van der Waals surface area (Å²) in [5, 5.41) is 8.32. The average molecular weight is 123 g/mol. The first kappa shape index (κ1) is 6.61. The van der Waals surface area contributed by atoms with E-state index in [2.05, 4.69) is 13.0 Å². The molecule has 1 rings (SSSR count). The van der Waals surface area contributed by atoms with Crippen LogP contribution in [0.1, 0.15) is 32.6 Å². The van der Waals surface area contributed by atoms with Crippen molar-refractivity contribution in [3.05, 3.63) is 0 Å². The van der Waals surface area contributed by atoms with Crippen LogP contribution in [0.5, 0.6) is 0 Å². The van der Waals surface area contributed by atoms with Crippen molar-refractivity contribution in [2.75, 3.05) is 0 Å². The number of hydrogen-bond donors (Lipinski definition) is 0. The topological polar surface area (TPSA) is 23.8 Å². The fourth-order valence-corrected chi connectivity index (χ4v) is 1.16. The summed E-state index contributed by atoms with van der Waals surface area (Å²) in [6.45, 7) is 2.17.